The fourth-order valence-electron chi connectivity index (χ4n) is 2.64. The molecule has 5 nitrogen and oxygen atoms in total. The number of hydrogen-bond donors (Lipinski definition) is 1. The standard InChI is InChI=1S/C18H19N3O2/c1-3-14-17(21-11-7-6-10-16(21)20-14)18(22)19-12-13-8-4-5-9-15(13)23-2/h4-11H,3,12H2,1-2H3,(H,19,22). The number of hydrogen-bond acceptors (Lipinski definition) is 3. The number of methoxy groups -OCH3 is 1. The van der Waals surface area contributed by atoms with Gasteiger partial charge in [0, 0.05) is 18.3 Å². The zero-order valence-corrected chi connectivity index (χ0v) is 13.2. The number of nitrogens with one attached hydrogen (secondary N) is 1. The first kappa shape index (κ1) is 15.1. The molecule has 1 N–H and O–H groups in total. The van der Waals surface area contributed by atoms with Gasteiger partial charge in [0.05, 0.1) is 12.8 Å². The van der Waals surface area contributed by atoms with Crippen LogP contribution in [-0.4, -0.2) is 22.4 Å². The fraction of sp³-hybridized carbons (Fsp3) is 0.222. The van der Waals surface area contributed by atoms with Crippen molar-refractivity contribution in [1.29, 1.82) is 0 Å². The minimum absolute atomic E-state index is 0.133. The second kappa shape index (κ2) is 6.52. The Kier molecular flexibility index (Phi) is 4.28. The van der Waals surface area contributed by atoms with E-state index in [1.54, 1.807) is 7.11 Å². The topological polar surface area (TPSA) is 55.6 Å². The molecule has 0 radical (unpaired) electrons. The molecule has 5 heteroatoms. The zero-order valence-electron chi connectivity index (χ0n) is 13.2. The van der Waals surface area contributed by atoms with Gasteiger partial charge in [0.2, 0.25) is 0 Å². The van der Waals surface area contributed by atoms with Crippen molar-refractivity contribution in [3.63, 3.8) is 0 Å². The maximum absolute atomic E-state index is 12.7. The van der Waals surface area contributed by atoms with Crippen LogP contribution < -0.4 is 10.1 Å². The number of para-hydroxylation sites is 1. The number of fused-ring (bicyclic) bond motifs is 1. The van der Waals surface area contributed by atoms with E-state index in [0.717, 1.165) is 22.7 Å². The molecule has 0 bridgehead atoms. The Morgan fingerprint density at radius 1 is 1.22 bits per heavy atom. The molecule has 2 heterocycles. The molecule has 0 saturated carbocycles. The van der Waals surface area contributed by atoms with Crippen molar-refractivity contribution in [2.45, 2.75) is 19.9 Å². The van der Waals surface area contributed by atoms with Gasteiger partial charge in [0.1, 0.15) is 17.1 Å². The van der Waals surface area contributed by atoms with Crippen molar-refractivity contribution in [3.8, 4) is 5.75 Å². The molecule has 23 heavy (non-hydrogen) atoms. The highest BCUT2D eigenvalue weighted by Crippen LogP contribution is 2.18. The summed E-state index contributed by atoms with van der Waals surface area (Å²) < 4.78 is 7.14. The third-order valence-corrected chi connectivity index (χ3v) is 3.78. The monoisotopic (exact) mass is 309 g/mol. The largest absolute Gasteiger partial charge is 0.496 e. The molecule has 0 spiro atoms. The fourth-order valence-corrected chi connectivity index (χ4v) is 2.64. The second-order valence-corrected chi connectivity index (χ2v) is 5.18. The highest BCUT2D eigenvalue weighted by atomic mass is 16.5. The van der Waals surface area contributed by atoms with Gasteiger partial charge < -0.3 is 10.1 Å². The summed E-state index contributed by atoms with van der Waals surface area (Å²) in [7, 11) is 1.63. The Hall–Kier alpha value is -2.82. The Morgan fingerprint density at radius 3 is 2.78 bits per heavy atom. The summed E-state index contributed by atoms with van der Waals surface area (Å²) in [5.41, 5.74) is 3.12. The van der Waals surface area contributed by atoms with E-state index < -0.39 is 0 Å². The van der Waals surface area contributed by atoms with Gasteiger partial charge >= 0.3 is 0 Å². The predicted octanol–water partition coefficient (Wildman–Crippen LogP) is 2.84. The van der Waals surface area contributed by atoms with E-state index in [2.05, 4.69) is 10.3 Å². The van der Waals surface area contributed by atoms with E-state index in [4.69, 9.17) is 4.74 Å². The highest BCUT2D eigenvalue weighted by molar-refractivity contribution is 5.94. The van der Waals surface area contributed by atoms with Gasteiger partial charge in [-0.1, -0.05) is 31.2 Å². The molecule has 0 atom stereocenters. The van der Waals surface area contributed by atoms with Crippen LogP contribution in [0.2, 0.25) is 0 Å². The average Bonchev–Trinajstić information content (AvgIpc) is 2.98. The van der Waals surface area contributed by atoms with E-state index in [1.165, 1.54) is 0 Å². The summed E-state index contributed by atoms with van der Waals surface area (Å²) in [6.07, 6.45) is 2.57. The molecular weight excluding hydrogens is 290 g/mol. The van der Waals surface area contributed by atoms with Gasteiger partial charge in [-0.05, 0) is 24.6 Å². The Balaban J connectivity index is 1.86. The van der Waals surface area contributed by atoms with E-state index in [-0.39, 0.29) is 5.91 Å². The maximum atomic E-state index is 12.7. The van der Waals surface area contributed by atoms with Crippen LogP contribution in [0.3, 0.4) is 0 Å². The lowest BCUT2D eigenvalue weighted by Gasteiger charge is -2.10. The molecule has 0 unspecified atom stereocenters. The molecule has 1 amide bonds. The average molecular weight is 309 g/mol. The molecule has 1 aromatic carbocycles. The minimum Gasteiger partial charge on any atom is -0.496 e. The van der Waals surface area contributed by atoms with Crippen molar-refractivity contribution >= 4 is 11.6 Å². The number of benzene rings is 1. The van der Waals surface area contributed by atoms with Gasteiger partial charge in [-0.15, -0.1) is 0 Å². The van der Waals surface area contributed by atoms with E-state index in [1.807, 2.05) is 60.0 Å². The molecule has 118 valence electrons. The van der Waals surface area contributed by atoms with Crippen LogP contribution in [0.15, 0.2) is 48.7 Å². The predicted molar refractivity (Wildman–Crippen MR) is 88.7 cm³/mol. The molecule has 3 rings (SSSR count). The molecule has 2 aromatic heterocycles. The van der Waals surface area contributed by atoms with Gasteiger partial charge in [-0.2, -0.15) is 0 Å². The van der Waals surface area contributed by atoms with E-state index in [9.17, 15) is 4.79 Å². The van der Waals surface area contributed by atoms with Gasteiger partial charge in [0.25, 0.3) is 5.91 Å². The molecule has 0 aliphatic heterocycles. The van der Waals surface area contributed by atoms with Crippen molar-refractivity contribution < 1.29 is 9.53 Å². The number of rotatable bonds is 5. The van der Waals surface area contributed by atoms with Crippen LogP contribution in [0, 0.1) is 0 Å². The van der Waals surface area contributed by atoms with Crippen LogP contribution >= 0.6 is 0 Å². The summed E-state index contributed by atoms with van der Waals surface area (Å²) in [5, 5.41) is 2.96. The zero-order chi connectivity index (χ0) is 16.2. The number of carbonyl (C=O) groups is 1. The SMILES string of the molecule is CCc1nc2ccccn2c1C(=O)NCc1ccccc1OC. The smallest absolute Gasteiger partial charge is 0.270 e. The van der Waals surface area contributed by atoms with Gasteiger partial charge in [-0.3, -0.25) is 9.20 Å². The normalized spacial score (nSPS) is 10.7. The second-order valence-electron chi connectivity index (χ2n) is 5.18. The quantitative estimate of drug-likeness (QED) is 0.788. The van der Waals surface area contributed by atoms with Crippen LogP contribution in [0.5, 0.6) is 5.75 Å². The summed E-state index contributed by atoms with van der Waals surface area (Å²) in [6, 6.07) is 13.4. The molecule has 0 fully saturated rings. The number of pyridine rings is 1. The Morgan fingerprint density at radius 2 is 2.00 bits per heavy atom. The lowest BCUT2D eigenvalue weighted by atomic mass is 10.2. The number of imidazole rings is 1. The maximum Gasteiger partial charge on any atom is 0.270 e. The molecule has 3 aromatic rings. The van der Waals surface area contributed by atoms with Gasteiger partial charge in [0.15, 0.2) is 0 Å². The summed E-state index contributed by atoms with van der Waals surface area (Å²) in [4.78, 5) is 17.2. The van der Waals surface area contributed by atoms with Crippen molar-refractivity contribution in [3.05, 3.63) is 65.6 Å². The van der Waals surface area contributed by atoms with E-state index >= 15 is 0 Å². The molecule has 0 saturated heterocycles. The molecular formula is C18H19N3O2. The van der Waals surface area contributed by atoms with Crippen LogP contribution in [0.1, 0.15) is 28.7 Å². The summed E-state index contributed by atoms with van der Waals surface area (Å²) in [6.45, 7) is 2.41. The molecule has 0 aliphatic rings. The number of aromatic nitrogens is 2. The lowest BCUT2D eigenvalue weighted by Crippen LogP contribution is -2.25. The van der Waals surface area contributed by atoms with Crippen molar-refractivity contribution in [2.75, 3.05) is 7.11 Å². The van der Waals surface area contributed by atoms with Crippen LogP contribution in [-0.2, 0) is 13.0 Å². The third-order valence-electron chi connectivity index (χ3n) is 3.78. The highest BCUT2D eigenvalue weighted by Gasteiger charge is 2.18. The minimum atomic E-state index is -0.133. The first-order valence-corrected chi connectivity index (χ1v) is 7.60. The number of carbonyl (C=O) groups excluding carboxylic acids is 1. The summed E-state index contributed by atoms with van der Waals surface area (Å²) in [5.74, 6) is 0.633. The van der Waals surface area contributed by atoms with E-state index in [0.29, 0.717) is 18.7 Å². The number of ether oxygens (including phenoxy) is 1. The van der Waals surface area contributed by atoms with Crippen LogP contribution in [0.25, 0.3) is 5.65 Å². The van der Waals surface area contributed by atoms with Crippen LogP contribution in [0.4, 0.5) is 0 Å². The first-order valence-electron chi connectivity index (χ1n) is 7.60. The van der Waals surface area contributed by atoms with Crippen molar-refractivity contribution in [1.82, 2.24) is 14.7 Å². The lowest BCUT2D eigenvalue weighted by molar-refractivity contribution is 0.0944. The number of amides is 1. The first-order chi connectivity index (χ1) is 11.2. The summed E-state index contributed by atoms with van der Waals surface area (Å²) >= 11 is 0. The number of nitrogens with zero attached hydrogens (tertiary/aromatic N) is 2. The molecule has 0 aliphatic carbocycles. The van der Waals surface area contributed by atoms with Gasteiger partial charge in [-0.25, -0.2) is 4.98 Å². The van der Waals surface area contributed by atoms with Crippen molar-refractivity contribution in [2.24, 2.45) is 0 Å². The Labute approximate surface area is 134 Å². The number of aryl methyl sites for hydroxylation is 1. The third kappa shape index (κ3) is 2.90. The Bertz CT molecular complexity index is 839.